The number of allylic oxidation sites excluding steroid dienone is 2. The zero-order valence-corrected chi connectivity index (χ0v) is 7.14. The minimum Gasteiger partial charge on any atom is -0.468 e. The molecule has 13 heavy (non-hydrogen) atoms. The molecule has 0 spiro atoms. The first-order chi connectivity index (χ1) is 6.17. The first-order valence-corrected chi connectivity index (χ1v) is 3.76. The lowest BCUT2D eigenvalue weighted by Gasteiger charge is -2.26. The van der Waals surface area contributed by atoms with Crippen molar-refractivity contribution in [3.8, 4) is 0 Å². The lowest BCUT2D eigenvalue weighted by atomic mass is 9.80. The Kier molecular flexibility index (Phi) is 2.63. The van der Waals surface area contributed by atoms with Crippen molar-refractivity contribution in [2.24, 2.45) is 5.41 Å². The average molecular weight is 182 g/mol. The molecule has 2 atom stereocenters. The number of hydrogen-bond donors (Lipinski definition) is 1. The van der Waals surface area contributed by atoms with E-state index in [-0.39, 0.29) is 0 Å². The fourth-order valence-corrected chi connectivity index (χ4v) is 1.16. The van der Waals surface area contributed by atoms with Crippen molar-refractivity contribution in [2.45, 2.75) is 6.10 Å². The summed E-state index contributed by atoms with van der Waals surface area (Å²) in [6.45, 7) is 0. The van der Waals surface area contributed by atoms with Gasteiger partial charge in [0.2, 0.25) is 0 Å². The minimum absolute atomic E-state index is 0.392. The second-order valence-corrected chi connectivity index (χ2v) is 2.73. The van der Waals surface area contributed by atoms with Gasteiger partial charge in [-0.1, -0.05) is 24.3 Å². The van der Waals surface area contributed by atoms with Gasteiger partial charge >= 0.3 is 5.97 Å². The predicted molar refractivity (Wildman–Crippen MR) is 44.8 cm³/mol. The van der Waals surface area contributed by atoms with E-state index in [4.69, 9.17) is 0 Å². The molecule has 1 rings (SSSR count). The lowest BCUT2D eigenvalue weighted by Crippen LogP contribution is -2.43. The number of rotatable bonds is 2. The topological polar surface area (TPSA) is 63.6 Å². The van der Waals surface area contributed by atoms with E-state index in [1.54, 1.807) is 6.08 Å². The van der Waals surface area contributed by atoms with Crippen molar-refractivity contribution in [3.63, 3.8) is 0 Å². The summed E-state index contributed by atoms with van der Waals surface area (Å²) in [5, 5.41) is 9.45. The van der Waals surface area contributed by atoms with E-state index in [0.717, 1.165) is 0 Å². The van der Waals surface area contributed by atoms with Crippen molar-refractivity contribution in [1.29, 1.82) is 0 Å². The molecule has 0 aromatic carbocycles. The zero-order chi connectivity index (χ0) is 9.90. The summed E-state index contributed by atoms with van der Waals surface area (Å²) >= 11 is 0. The molecule has 0 saturated heterocycles. The third-order valence-electron chi connectivity index (χ3n) is 2.00. The van der Waals surface area contributed by atoms with Gasteiger partial charge in [0, 0.05) is 0 Å². The monoisotopic (exact) mass is 182 g/mol. The normalized spacial score (nSPS) is 31.4. The summed E-state index contributed by atoms with van der Waals surface area (Å²) in [7, 11) is 1.17. The first-order valence-electron chi connectivity index (χ1n) is 3.76. The highest BCUT2D eigenvalue weighted by molar-refractivity contribution is 5.97. The van der Waals surface area contributed by atoms with Gasteiger partial charge in [-0.05, 0) is 0 Å². The fraction of sp³-hybridized carbons (Fsp3) is 0.333. The van der Waals surface area contributed by atoms with Crippen LogP contribution in [0.3, 0.4) is 0 Å². The summed E-state index contributed by atoms with van der Waals surface area (Å²) in [6, 6.07) is 0. The van der Waals surface area contributed by atoms with Crippen LogP contribution in [-0.2, 0) is 14.3 Å². The summed E-state index contributed by atoms with van der Waals surface area (Å²) in [4.78, 5) is 22.0. The quantitative estimate of drug-likeness (QED) is 0.366. The smallest absolute Gasteiger partial charge is 0.326 e. The summed E-state index contributed by atoms with van der Waals surface area (Å²) < 4.78 is 4.44. The maximum absolute atomic E-state index is 11.2. The summed E-state index contributed by atoms with van der Waals surface area (Å²) in [6.07, 6.45) is 5.03. The molecule has 0 bridgehead atoms. The Balaban J connectivity index is 3.05. The maximum Gasteiger partial charge on any atom is 0.326 e. The SMILES string of the molecule is COC(=O)C1(C=O)C=CC=CC1O. The van der Waals surface area contributed by atoms with Gasteiger partial charge < -0.3 is 14.6 Å². The van der Waals surface area contributed by atoms with Gasteiger partial charge in [0.1, 0.15) is 6.29 Å². The van der Waals surface area contributed by atoms with E-state index in [9.17, 15) is 14.7 Å². The fourth-order valence-electron chi connectivity index (χ4n) is 1.16. The van der Waals surface area contributed by atoms with Crippen molar-refractivity contribution in [1.82, 2.24) is 0 Å². The molecular formula is C9H10O4. The second kappa shape index (κ2) is 3.53. The number of esters is 1. The van der Waals surface area contributed by atoms with Crippen LogP contribution in [0, 0.1) is 5.41 Å². The summed E-state index contributed by atoms with van der Waals surface area (Å²) in [5.74, 6) is -0.754. The average Bonchev–Trinajstić information content (AvgIpc) is 2.18. The van der Waals surface area contributed by atoms with E-state index in [1.807, 2.05) is 0 Å². The van der Waals surface area contributed by atoms with Gasteiger partial charge in [-0.3, -0.25) is 4.79 Å². The second-order valence-electron chi connectivity index (χ2n) is 2.73. The largest absolute Gasteiger partial charge is 0.468 e. The number of hydrogen-bond acceptors (Lipinski definition) is 4. The molecule has 0 aromatic heterocycles. The Labute approximate surface area is 75.5 Å². The molecule has 70 valence electrons. The van der Waals surface area contributed by atoms with Crippen LogP contribution in [0.1, 0.15) is 0 Å². The molecule has 1 aliphatic rings. The minimum atomic E-state index is -1.57. The van der Waals surface area contributed by atoms with Crippen molar-refractivity contribution < 1.29 is 19.4 Å². The third-order valence-corrected chi connectivity index (χ3v) is 2.00. The first kappa shape index (κ1) is 9.67. The highest BCUT2D eigenvalue weighted by atomic mass is 16.5. The number of ether oxygens (including phenoxy) is 1. The molecule has 0 fully saturated rings. The highest BCUT2D eigenvalue weighted by Crippen LogP contribution is 2.27. The number of aliphatic hydroxyl groups is 1. The van der Waals surface area contributed by atoms with Crippen LogP contribution in [0.4, 0.5) is 0 Å². The van der Waals surface area contributed by atoms with E-state index in [1.165, 1.54) is 25.3 Å². The van der Waals surface area contributed by atoms with Gasteiger partial charge in [0.15, 0.2) is 5.41 Å². The Morgan fingerprint density at radius 1 is 1.62 bits per heavy atom. The van der Waals surface area contributed by atoms with Gasteiger partial charge in [0.25, 0.3) is 0 Å². The summed E-state index contributed by atoms with van der Waals surface area (Å²) in [5.41, 5.74) is -1.57. The van der Waals surface area contributed by atoms with E-state index >= 15 is 0 Å². The van der Waals surface area contributed by atoms with E-state index in [2.05, 4.69) is 4.74 Å². The van der Waals surface area contributed by atoms with Crippen LogP contribution in [0.15, 0.2) is 24.3 Å². The van der Waals surface area contributed by atoms with Crippen LogP contribution in [-0.4, -0.2) is 30.6 Å². The van der Waals surface area contributed by atoms with Gasteiger partial charge in [-0.15, -0.1) is 0 Å². The highest BCUT2D eigenvalue weighted by Gasteiger charge is 2.44. The molecular weight excluding hydrogens is 172 g/mol. The predicted octanol–water partition coefficient (Wildman–Crippen LogP) is -0.168. The zero-order valence-electron chi connectivity index (χ0n) is 7.14. The Morgan fingerprint density at radius 3 is 2.77 bits per heavy atom. The van der Waals surface area contributed by atoms with Crippen molar-refractivity contribution >= 4 is 12.3 Å². The molecule has 0 saturated carbocycles. The molecule has 4 nitrogen and oxygen atoms in total. The molecule has 0 radical (unpaired) electrons. The lowest BCUT2D eigenvalue weighted by molar-refractivity contribution is -0.156. The third kappa shape index (κ3) is 1.40. The number of aldehydes is 1. The Bertz CT molecular complexity index is 279. The van der Waals surface area contributed by atoms with Gasteiger partial charge in [-0.25, -0.2) is 0 Å². The standard InChI is InChI=1S/C9H10O4/c1-13-8(12)9(6-10)5-3-2-4-7(9)11/h2-7,11H,1H3. The molecule has 0 aliphatic heterocycles. The molecule has 0 amide bonds. The van der Waals surface area contributed by atoms with Gasteiger partial charge in [-0.2, -0.15) is 0 Å². The number of carbonyl (C=O) groups is 2. The van der Waals surface area contributed by atoms with Crippen LogP contribution < -0.4 is 0 Å². The molecule has 2 unspecified atom stereocenters. The van der Waals surface area contributed by atoms with Crippen LogP contribution in [0.2, 0.25) is 0 Å². The van der Waals surface area contributed by atoms with Crippen LogP contribution in [0.25, 0.3) is 0 Å². The van der Waals surface area contributed by atoms with Crippen molar-refractivity contribution in [3.05, 3.63) is 24.3 Å². The van der Waals surface area contributed by atoms with Crippen LogP contribution in [0.5, 0.6) is 0 Å². The molecule has 1 aliphatic carbocycles. The Hall–Kier alpha value is -1.42. The number of carbonyl (C=O) groups excluding carboxylic acids is 2. The van der Waals surface area contributed by atoms with E-state index in [0.29, 0.717) is 6.29 Å². The number of methoxy groups -OCH3 is 1. The molecule has 0 heterocycles. The molecule has 0 aromatic rings. The molecule has 4 heteroatoms. The van der Waals surface area contributed by atoms with Crippen molar-refractivity contribution in [2.75, 3.05) is 7.11 Å². The van der Waals surface area contributed by atoms with E-state index < -0.39 is 17.5 Å². The molecule has 1 N–H and O–H groups in total. The van der Waals surface area contributed by atoms with Crippen LogP contribution >= 0.6 is 0 Å². The Morgan fingerprint density at radius 2 is 2.31 bits per heavy atom. The van der Waals surface area contributed by atoms with Gasteiger partial charge in [0.05, 0.1) is 13.2 Å². The number of aliphatic hydroxyl groups excluding tert-OH is 1. The maximum atomic E-state index is 11.2.